The van der Waals surface area contributed by atoms with Crippen molar-refractivity contribution in [3.63, 3.8) is 0 Å². The molecule has 0 fully saturated rings. The molecule has 156 valence electrons. The lowest BCUT2D eigenvalue weighted by Crippen LogP contribution is -2.18. The average Bonchev–Trinajstić information content (AvgIpc) is 3.25. The SMILES string of the molecule is O=C(O)n1ccc2c(/C=C/CNCCC(c3ccccc3)c3ccccc3)cccc21. The minimum Gasteiger partial charge on any atom is -0.464 e. The summed E-state index contributed by atoms with van der Waals surface area (Å²) in [7, 11) is 0. The lowest BCUT2D eigenvalue weighted by atomic mass is 9.88. The normalized spacial score (nSPS) is 11.5. The number of nitrogens with zero attached hydrogens (tertiary/aromatic N) is 1. The third kappa shape index (κ3) is 4.93. The molecule has 0 atom stereocenters. The van der Waals surface area contributed by atoms with Gasteiger partial charge < -0.3 is 10.4 Å². The molecule has 0 saturated heterocycles. The highest BCUT2D eigenvalue weighted by Gasteiger charge is 2.13. The molecule has 0 aliphatic heterocycles. The number of carbonyl (C=O) groups is 1. The summed E-state index contributed by atoms with van der Waals surface area (Å²) in [5.74, 6) is 0.364. The van der Waals surface area contributed by atoms with Crippen LogP contribution in [-0.2, 0) is 0 Å². The van der Waals surface area contributed by atoms with Gasteiger partial charge in [0.2, 0.25) is 0 Å². The van der Waals surface area contributed by atoms with Gasteiger partial charge in [-0.1, -0.05) is 84.9 Å². The molecule has 0 spiro atoms. The standard InChI is InChI=1S/C27H26N2O2/c30-27(31)29-20-17-25-23(13-7-15-26(25)29)14-8-18-28-19-16-24(21-9-3-1-4-10-21)22-11-5-2-6-12-22/h1-15,17,20,24,28H,16,18-19H2,(H,30,31)/b14-8+. The number of hydrogen-bond donors (Lipinski definition) is 2. The van der Waals surface area contributed by atoms with E-state index in [-0.39, 0.29) is 0 Å². The van der Waals surface area contributed by atoms with Gasteiger partial charge in [0.25, 0.3) is 0 Å². The Morgan fingerprint density at radius 3 is 2.23 bits per heavy atom. The first-order valence-electron chi connectivity index (χ1n) is 10.5. The molecule has 0 amide bonds. The zero-order valence-corrected chi connectivity index (χ0v) is 17.3. The highest BCUT2D eigenvalue weighted by Crippen LogP contribution is 2.27. The minimum absolute atomic E-state index is 0.364. The van der Waals surface area contributed by atoms with Crippen molar-refractivity contribution in [1.82, 2.24) is 9.88 Å². The molecule has 0 bridgehead atoms. The van der Waals surface area contributed by atoms with Crippen molar-refractivity contribution in [2.75, 3.05) is 13.1 Å². The quantitative estimate of drug-likeness (QED) is 0.351. The predicted octanol–water partition coefficient (Wildman–Crippen LogP) is 5.99. The van der Waals surface area contributed by atoms with Crippen molar-refractivity contribution in [3.8, 4) is 0 Å². The van der Waals surface area contributed by atoms with E-state index in [1.165, 1.54) is 15.7 Å². The van der Waals surface area contributed by atoms with Crippen LogP contribution >= 0.6 is 0 Å². The Labute approximate surface area is 182 Å². The van der Waals surface area contributed by atoms with Crippen LogP contribution < -0.4 is 5.32 Å². The van der Waals surface area contributed by atoms with Gasteiger partial charge in [0.1, 0.15) is 0 Å². The third-order valence-electron chi connectivity index (χ3n) is 5.55. The number of fused-ring (bicyclic) bond motifs is 1. The molecular formula is C27H26N2O2. The second kappa shape index (κ2) is 9.92. The summed E-state index contributed by atoms with van der Waals surface area (Å²) in [6, 6.07) is 28.8. The van der Waals surface area contributed by atoms with Gasteiger partial charge in [0.15, 0.2) is 0 Å². The molecule has 0 unspecified atom stereocenters. The fourth-order valence-electron chi connectivity index (χ4n) is 4.02. The van der Waals surface area contributed by atoms with Crippen LogP contribution in [0.1, 0.15) is 29.0 Å². The molecule has 1 heterocycles. The summed E-state index contributed by atoms with van der Waals surface area (Å²) < 4.78 is 1.25. The van der Waals surface area contributed by atoms with Gasteiger partial charge in [-0.3, -0.25) is 4.57 Å². The zero-order chi connectivity index (χ0) is 21.5. The maximum atomic E-state index is 11.3. The monoisotopic (exact) mass is 410 g/mol. The van der Waals surface area contributed by atoms with Crippen molar-refractivity contribution in [1.29, 1.82) is 0 Å². The van der Waals surface area contributed by atoms with E-state index in [4.69, 9.17) is 0 Å². The molecule has 4 rings (SSSR count). The van der Waals surface area contributed by atoms with Crippen LogP contribution in [0.5, 0.6) is 0 Å². The van der Waals surface area contributed by atoms with Gasteiger partial charge >= 0.3 is 6.09 Å². The lowest BCUT2D eigenvalue weighted by molar-refractivity contribution is 0.197. The van der Waals surface area contributed by atoms with Gasteiger partial charge in [-0.2, -0.15) is 0 Å². The van der Waals surface area contributed by atoms with Crippen molar-refractivity contribution >= 4 is 23.1 Å². The summed E-state index contributed by atoms with van der Waals surface area (Å²) >= 11 is 0. The summed E-state index contributed by atoms with van der Waals surface area (Å²) in [5, 5.41) is 13.7. The molecule has 0 aliphatic rings. The predicted molar refractivity (Wildman–Crippen MR) is 127 cm³/mol. The molecule has 4 aromatic rings. The molecule has 3 aromatic carbocycles. The van der Waals surface area contributed by atoms with Crippen LogP contribution in [-0.4, -0.2) is 28.9 Å². The third-order valence-corrected chi connectivity index (χ3v) is 5.55. The van der Waals surface area contributed by atoms with Crippen LogP contribution in [0.2, 0.25) is 0 Å². The fraction of sp³-hybridized carbons (Fsp3) is 0.148. The second-order valence-corrected chi connectivity index (χ2v) is 7.52. The first-order valence-corrected chi connectivity index (χ1v) is 10.5. The molecule has 0 saturated carbocycles. The maximum absolute atomic E-state index is 11.3. The maximum Gasteiger partial charge on any atom is 0.415 e. The Morgan fingerprint density at radius 1 is 0.903 bits per heavy atom. The fourth-order valence-corrected chi connectivity index (χ4v) is 4.02. The molecule has 0 aliphatic carbocycles. The number of hydrogen-bond acceptors (Lipinski definition) is 2. The largest absolute Gasteiger partial charge is 0.464 e. The summed E-state index contributed by atoms with van der Waals surface area (Å²) in [6.45, 7) is 1.66. The Bertz CT molecular complexity index is 1120. The number of nitrogens with one attached hydrogen (secondary N) is 1. The number of aromatic nitrogens is 1. The molecule has 2 N–H and O–H groups in total. The Kier molecular flexibility index (Phi) is 6.60. The second-order valence-electron chi connectivity index (χ2n) is 7.52. The molecule has 4 nitrogen and oxygen atoms in total. The first-order chi connectivity index (χ1) is 15.2. The van der Waals surface area contributed by atoms with Gasteiger partial charge in [-0.05, 0) is 41.8 Å². The molecule has 4 heteroatoms. The Balaban J connectivity index is 1.37. The van der Waals surface area contributed by atoms with Crippen LogP contribution in [0.15, 0.2) is 97.2 Å². The van der Waals surface area contributed by atoms with Gasteiger partial charge in [0.05, 0.1) is 5.52 Å². The van der Waals surface area contributed by atoms with Gasteiger partial charge in [0, 0.05) is 24.0 Å². The first kappa shape index (κ1) is 20.6. The van der Waals surface area contributed by atoms with E-state index in [2.05, 4.69) is 72.1 Å². The topological polar surface area (TPSA) is 54.3 Å². The van der Waals surface area contributed by atoms with E-state index in [0.717, 1.165) is 30.5 Å². The van der Waals surface area contributed by atoms with E-state index < -0.39 is 6.09 Å². The average molecular weight is 411 g/mol. The highest BCUT2D eigenvalue weighted by atomic mass is 16.4. The van der Waals surface area contributed by atoms with E-state index in [9.17, 15) is 9.90 Å². The summed E-state index contributed by atoms with van der Waals surface area (Å²) in [4.78, 5) is 11.3. The van der Waals surface area contributed by atoms with Crippen molar-refractivity contribution in [2.45, 2.75) is 12.3 Å². The number of carboxylic acid groups (broad SMARTS) is 1. The van der Waals surface area contributed by atoms with Gasteiger partial charge in [-0.25, -0.2) is 4.79 Å². The molecule has 31 heavy (non-hydrogen) atoms. The smallest absolute Gasteiger partial charge is 0.415 e. The highest BCUT2D eigenvalue weighted by molar-refractivity contribution is 5.94. The number of benzene rings is 3. The molecular weight excluding hydrogens is 384 g/mol. The number of rotatable bonds is 8. The molecule has 1 aromatic heterocycles. The van der Waals surface area contributed by atoms with E-state index >= 15 is 0 Å². The Morgan fingerprint density at radius 2 is 1.58 bits per heavy atom. The van der Waals surface area contributed by atoms with E-state index in [0.29, 0.717) is 11.4 Å². The lowest BCUT2D eigenvalue weighted by Gasteiger charge is -2.18. The van der Waals surface area contributed by atoms with E-state index in [1.54, 1.807) is 6.20 Å². The van der Waals surface area contributed by atoms with Crippen molar-refractivity contribution < 1.29 is 9.90 Å². The summed E-state index contributed by atoms with van der Waals surface area (Å²) in [6.07, 6.45) is 5.78. The van der Waals surface area contributed by atoms with Crippen LogP contribution in [0.4, 0.5) is 4.79 Å². The summed E-state index contributed by atoms with van der Waals surface area (Å²) in [5.41, 5.74) is 4.39. The Hall–Kier alpha value is -3.63. The van der Waals surface area contributed by atoms with Crippen LogP contribution in [0.25, 0.3) is 17.0 Å². The van der Waals surface area contributed by atoms with Crippen LogP contribution in [0.3, 0.4) is 0 Å². The van der Waals surface area contributed by atoms with Gasteiger partial charge in [-0.15, -0.1) is 0 Å². The van der Waals surface area contributed by atoms with Crippen LogP contribution in [0, 0.1) is 0 Å². The van der Waals surface area contributed by atoms with Crippen molar-refractivity contribution in [2.24, 2.45) is 0 Å². The minimum atomic E-state index is -0.968. The zero-order valence-electron chi connectivity index (χ0n) is 17.3. The van der Waals surface area contributed by atoms with E-state index in [1.807, 2.05) is 30.3 Å². The van der Waals surface area contributed by atoms with Crippen molar-refractivity contribution in [3.05, 3.63) is 114 Å². The molecule has 0 radical (unpaired) electrons.